The van der Waals surface area contributed by atoms with Gasteiger partial charge in [0.05, 0.1) is 17.0 Å². The standard InChI is InChI=1S/C17H25N7O3S/c1-10-20-21-16(28-5)23(10)22-13(25)9-19-8-11-6-7-12(18)14(17(2,3)4)15(11)24(26)27/h6-7,19H,8-9,18H2,1-5H3,(H,22,25). The molecular weight excluding hydrogens is 382 g/mol. The van der Waals surface area contributed by atoms with Crippen molar-refractivity contribution in [2.75, 3.05) is 24.0 Å². The van der Waals surface area contributed by atoms with Gasteiger partial charge >= 0.3 is 0 Å². The second-order valence-corrected chi connectivity index (χ2v) is 8.03. The van der Waals surface area contributed by atoms with Gasteiger partial charge in [-0.15, -0.1) is 10.2 Å². The molecule has 1 amide bonds. The Balaban J connectivity index is 2.12. The smallest absolute Gasteiger partial charge is 0.279 e. The van der Waals surface area contributed by atoms with Gasteiger partial charge in [-0.3, -0.25) is 20.3 Å². The number of aromatic nitrogens is 3. The van der Waals surface area contributed by atoms with Gasteiger partial charge in [0.2, 0.25) is 5.16 Å². The van der Waals surface area contributed by atoms with E-state index in [-0.39, 0.29) is 24.7 Å². The molecular formula is C17H25N7O3S. The minimum atomic E-state index is -0.486. The van der Waals surface area contributed by atoms with Crippen molar-refractivity contribution in [3.05, 3.63) is 39.2 Å². The second-order valence-electron chi connectivity index (χ2n) is 7.25. The lowest BCUT2D eigenvalue weighted by molar-refractivity contribution is -0.386. The number of nitrogens with one attached hydrogen (secondary N) is 2. The van der Waals surface area contributed by atoms with Gasteiger partial charge < -0.3 is 11.1 Å². The zero-order chi connectivity index (χ0) is 21.1. The summed E-state index contributed by atoms with van der Waals surface area (Å²) in [6, 6.07) is 3.28. The van der Waals surface area contributed by atoms with Gasteiger partial charge in [-0.2, -0.15) is 0 Å². The fourth-order valence-electron chi connectivity index (χ4n) is 2.87. The Bertz CT molecular complexity index is 890. The summed E-state index contributed by atoms with van der Waals surface area (Å²) in [6.45, 7) is 7.48. The summed E-state index contributed by atoms with van der Waals surface area (Å²) >= 11 is 1.36. The number of benzene rings is 1. The van der Waals surface area contributed by atoms with Gasteiger partial charge in [-0.25, -0.2) is 4.68 Å². The maximum Gasteiger partial charge on any atom is 0.279 e. The lowest BCUT2D eigenvalue weighted by atomic mass is 9.83. The highest BCUT2D eigenvalue weighted by atomic mass is 32.2. The van der Waals surface area contributed by atoms with Crippen molar-refractivity contribution in [3.8, 4) is 0 Å². The molecule has 0 radical (unpaired) electrons. The van der Waals surface area contributed by atoms with E-state index in [2.05, 4.69) is 20.9 Å². The molecule has 2 rings (SSSR count). The molecule has 4 N–H and O–H groups in total. The predicted octanol–water partition coefficient (Wildman–Crippen LogP) is 1.96. The fraction of sp³-hybridized carbons (Fsp3) is 0.471. The normalized spacial score (nSPS) is 11.5. The summed E-state index contributed by atoms with van der Waals surface area (Å²) in [4.78, 5) is 23.5. The van der Waals surface area contributed by atoms with E-state index < -0.39 is 10.3 Å². The lowest BCUT2D eigenvalue weighted by Crippen LogP contribution is -2.33. The van der Waals surface area contributed by atoms with Crippen LogP contribution in [0.5, 0.6) is 0 Å². The van der Waals surface area contributed by atoms with Gasteiger partial charge in [0.1, 0.15) is 5.82 Å². The Morgan fingerprint density at radius 1 is 1.36 bits per heavy atom. The third-order valence-corrected chi connectivity index (χ3v) is 4.67. The van der Waals surface area contributed by atoms with E-state index >= 15 is 0 Å². The number of hydrogen-bond donors (Lipinski definition) is 3. The molecule has 0 atom stereocenters. The van der Waals surface area contributed by atoms with E-state index in [4.69, 9.17) is 5.73 Å². The van der Waals surface area contributed by atoms with Gasteiger partial charge in [0.15, 0.2) is 0 Å². The highest BCUT2D eigenvalue weighted by Gasteiger charge is 2.30. The first-order valence-corrected chi connectivity index (χ1v) is 9.81. The van der Waals surface area contributed by atoms with Crippen molar-refractivity contribution in [3.63, 3.8) is 0 Å². The van der Waals surface area contributed by atoms with Crippen LogP contribution in [-0.4, -0.2) is 38.5 Å². The van der Waals surface area contributed by atoms with Gasteiger partial charge in [0, 0.05) is 17.8 Å². The number of carbonyl (C=O) groups excluding carboxylic acids is 1. The first kappa shape index (κ1) is 21.6. The average molecular weight is 408 g/mol. The molecule has 28 heavy (non-hydrogen) atoms. The van der Waals surface area contributed by atoms with Crippen molar-refractivity contribution in [1.82, 2.24) is 20.2 Å². The Morgan fingerprint density at radius 3 is 2.61 bits per heavy atom. The van der Waals surface area contributed by atoms with Crippen molar-refractivity contribution >= 4 is 29.0 Å². The highest BCUT2D eigenvalue weighted by molar-refractivity contribution is 7.98. The molecule has 2 aromatic rings. The van der Waals surface area contributed by atoms with Gasteiger partial charge in [0.25, 0.3) is 11.6 Å². The third-order valence-electron chi connectivity index (χ3n) is 4.04. The van der Waals surface area contributed by atoms with Crippen LogP contribution < -0.4 is 16.5 Å². The minimum Gasteiger partial charge on any atom is -0.398 e. The number of nitro benzene ring substituents is 1. The number of nitrogens with zero attached hydrogens (tertiary/aromatic N) is 4. The summed E-state index contributed by atoms with van der Waals surface area (Å²) in [5.74, 6) is 0.244. The lowest BCUT2D eigenvalue weighted by Gasteiger charge is -2.22. The van der Waals surface area contributed by atoms with Crippen LogP contribution in [0.15, 0.2) is 17.3 Å². The van der Waals surface area contributed by atoms with E-state index in [1.807, 2.05) is 27.0 Å². The number of aryl methyl sites for hydroxylation is 1. The molecule has 0 fully saturated rings. The first-order valence-electron chi connectivity index (χ1n) is 8.59. The number of anilines is 1. The zero-order valence-corrected chi connectivity index (χ0v) is 17.4. The molecule has 1 aromatic carbocycles. The fourth-order valence-corrected chi connectivity index (χ4v) is 3.35. The number of amides is 1. The Labute approximate surface area is 167 Å². The third kappa shape index (κ3) is 4.78. The number of nitrogens with two attached hydrogens (primary N) is 1. The maximum atomic E-state index is 12.2. The Kier molecular flexibility index (Phi) is 6.62. The molecule has 0 aliphatic carbocycles. The number of carbonyl (C=O) groups is 1. The first-order chi connectivity index (χ1) is 13.1. The van der Waals surface area contributed by atoms with Crippen molar-refractivity contribution in [2.45, 2.75) is 44.8 Å². The van der Waals surface area contributed by atoms with Crippen LogP contribution in [0.2, 0.25) is 0 Å². The van der Waals surface area contributed by atoms with E-state index in [0.717, 1.165) is 0 Å². The Hall–Kier alpha value is -2.66. The number of nitrogen functional groups attached to an aromatic ring is 1. The number of thioether (sulfide) groups is 1. The molecule has 1 aromatic heterocycles. The molecule has 0 aliphatic rings. The quantitative estimate of drug-likeness (QED) is 0.274. The summed E-state index contributed by atoms with van der Waals surface area (Å²) in [5, 5.41) is 23.0. The minimum absolute atomic E-state index is 0.0141. The van der Waals surface area contributed by atoms with E-state index in [1.54, 1.807) is 19.1 Å². The van der Waals surface area contributed by atoms with Crippen LogP contribution in [-0.2, 0) is 16.8 Å². The van der Waals surface area contributed by atoms with E-state index in [0.29, 0.717) is 27.8 Å². The van der Waals surface area contributed by atoms with Gasteiger partial charge in [-0.05, 0) is 30.7 Å². The molecule has 1 heterocycles. The summed E-state index contributed by atoms with van der Waals surface area (Å²) in [7, 11) is 0. The monoisotopic (exact) mass is 407 g/mol. The van der Waals surface area contributed by atoms with Crippen LogP contribution in [0.4, 0.5) is 11.4 Å². The van der Waals surface area contributed by atoms with Crippen LogP contribution in [0.3, 0.4) is 0 Å². The number of hydrogen-bond acceptors (Lipinski definition) is 8. The molecule has 0 aliphatic heterocycles. The largest absolute Gasteiger partial charge is 0.398 e. The molecule has 10 nitrogen and oxygen atoms in total. The SMILES string of the molecule is CSc1nnc(C)n1NC(=O)CNCc1ccc(N)c(C(C)(C)C)c1[N+](=O)[O-]. The number of rotatable bonds is 7. The topological polar surface area (TPSA) is 141 Å². The molecule has 152 valence electrons. The van der Waals surface area contributed by atoms with Crippen LogP contribution in [0.25, 0.3) is 0 Å². The Morgan fingerprint density at radius 2 is 2.04 bits per heavy atom. The number of nitro groups is 1. The summed E-state index contributed by atoms with van der Waals surface area (Å²) < 4.78 is 1.50. The highest BCUT2D eigenvalue weighted by Crippen LogP contribution is 2.38. The van der Waals surface area contributed by atoms with Crippen molar-refractivity contribution in [2.24, 2.45) is 0 Å². The average Bonchev–Trinajstić information content (AvgIpc) is 2.94. The summed E-state index contributed by atoms with van der Waals surface area (Å²) in [5.41, 5.74) is 9.54. The zero-order valence-electron chi connectivity index (χ0n) is 16.6. The van der Waals surface area contributed by atoms with E-state index in [1.165, 1.54) is 16.4 Å². The molecule has 0 saturated heterocycles. The molecule has 11 heteroatoms. The van der Waals surface area contributed by atoms with Crippen molar-refractivity contribution in [1.29, 1.82) is 0 Å². The van der Waals surface area contributed by atoms with Crippen LogP contribution in [0, 0.1) is 17.0 Å². The summed E-state index contributed by atoms with van der Waals surface area (Å²) in [6.07, 6.45) is 1.83. The maximum absolute atomic E-state index is 12.2. The van der Waals surface area contributed by atoms with E-state index in [9.17, 15) is 14.9 Å². The molecule has 0 bridgehead atoms. The predicted molar refractivity (Wildman–Crippen MR) is 109 cm³/mol. The molecule has 0 saturated carbocycles. The van der Waals surface area contributed by atoms with Crippen LogP contribution >= 0.6 is 11.8 Å². The molecule has 0 spiro atoms. The van der Waals surface area contributed by atoms with Crippen LogP contribution in [0.1, 0.15) is 37.7 Å². The second kappa shape index (κ2) is 8.57. The van der Waals surface area contributed by atoms with Gasteiger partial charge in [-0.1, -0.05) is 32.5 Å². The van der Waals surface area contributed by atoms with Crippen molar-refractivity contribution < 1.29 is 9.72 Å². The molecule has 0 unspecified atom stereocenters.